The van der Waals surface area contributed by atoms with Gasteiger partial charge in [0.2, 0.25) is 5.91 Å². The highest BCUT2D eigenvalue weighted by Gasteiger charge is 2.19. The molecule has 1 aromatic heterocycles. The summed E-state index contributed by atoms with van der Waals surface area (Å²) in [5.74, 6) is 1.80. The maximum absolute atomic E-state index is 11.9. The highest BCUT2D eigenvalue weighted by molar-refractivity contribution is 5.78. The largest absolute Gasteiger partial charge is 0.355 e. The summed E-state index contributed by atoms with van der Waals surface area (Å²) in [6, 6.07) is 5.98. The van der Waals surface area contributed by atoms with Crippen molar-refractivity contribution in [3.63, 3.8) is 0 Å². The molecule has 116 valence electrons. The molecule has 1 N–H and O–H groups in total. The molecule has 5 nitrogen and oxygen atoms in total. The monoisotopic (exact) mass is 290 g/mol. The van der Waals surface area contributed by atoms with Gasteiger partial charge in [-0.2, -0.15) is 0 Å². The molecule has 0 bridgehead atoms. The Morgan fingerprint density at radius 1 is 1.29 bits per heavy atom. The Kier molecular flexibility index (Phi) is 5.99. The number of hydrogen-bond donors (Lipinski definition) is 1. The van der Waals surface area contributed by atoms with Gasteiger partial charge in [0, 0.05) is 38.9 Å². The van der Waals surface area contributed by atoms with E-state index in [9.17, 15) is 4.79 Å². The minimum atomic E-state index is 0.141. The van der Waals surface area contributed by atoms with Gasteiger partial charge in [0.05, 0.1) is 6.54 Å². The normalized spacial score (nSPS) is 16.2. The summed E-state index contributed by atoms with van der Waals surface area (Å²) in [6.07, 6.45) is 2.86. The van der Waals surface area contributed by atoms with Crippen LogP contribution in [0, 0.1) is 5.92 Å². The van der Waals surface area contributed by atoms with E-state index in [1.54, 1.807) is 0 Å². The Hall–Kier alpha value is -1.62. The van der Waals surface area contributed by atoms with Crippen LogP contribution in [0.4, 0.5) is 5.82 Å². The minimum Gasteiger partial charge on any atom is -0.355 e. The van der Waals surface area contributed by atoms with Crippen LogP contribution in [0.5, 0.6) is 0 Å². The van der Waals surface area contributed by atoms with Crippen molar-refractivity contribution in [3.8, 4) is 0 Å². The topological polar surface area (TPSA) is 48.5 Å². The first kappa shape index (κ1) is 15.8. The molecule has 1 aliphatic heterocycles. The van der Waals surface area contributed by atoms with E-state index in [0.717, 1.165) is 45.0 Å². The van der Waals surface area contributed by atoms with Crippen molar-refractivity contribution in [1.82, 2.24) is 15.2 Å². The first-order valence-electron chi connectivity index (χ1n) is 7.80. The van der Waals surface area contributed by atoms with Crippen molar-refractivity contribution < 1.29 is 4.79 Å². The lowest BCUT2D eigenvalue weighted by Gasteiger charge is -2.34. The zero-order valence-electron chi connectivity index (χ0n) is 13.1. The first-order chi connectivity index (χ1) is 10.1. The molecule has 1 aromatic rings. The van der Waals surface area contributed by atoms with Gasteiger partial charge < -0.3 is 10.2 Å². The summed E-state index contributed by atoms with van der Waals surface area (Å²) in [6.45, 7) is 9.31. The molecular formula is C16H26N4O. The summed E-state index contributed by atoms with van der Waals surface area (Å²) >= 11 is 0. The van der Waals surface area contributed by atoms with Gasteiger partial charge in [0.1, 0.15) is 5.82 Å². The highest BCUT2D eigenvalue weighted by Crippen LogP contribution is 2.12. The third-order valence-electron chi connectivity index (χ3n) is 3.76. The lowest BCUT2D eigenvalue weighted by atomic mass is 10.1. The SMILES string of the molecule is CC(C)CCNC(=O)CN1CCN(c2ccccn2)CC1. The zero-order valence-corrected chi connectivity index (χ0v) is 13.1. The summed E-state index contributed by atoms with van der Waals surface area (Å²) in [4.78, 5) is 20.7. The molecule has 0 radical (unpaired) electrons. The molecule has 5 heteroatoms. The van der Waals surface area contributed by atoms with Gasteiger partial charge in [0.25, 0.3) is 0 Å². The lowest BCUT2D eigenvalue weighted by Crippen LogP contribution is -2.49. The highest BCUT2D eigenvalue weighted by atomic mass is 16.2. The molecule has 0 aromatic carbocycles. The average molecular weight is 290 g/mol. The maximum Gasteiger partial charge on any atom is 0.234 e. The Balaban J connectivity index is 1.68. The molecule has 21 heavy (non-hydrogen) atoms. The fourth-order valence-corrected chi connectivity index (χ4v) is 2.44. The summed E-state index contributed by atoms with van der Waals surface area (Å²) in [5.41, 5.74) is 0. The van der Waals surface area contributed by atoms with Gasteiger partial charge in [-0.25, -0.2) is 4.98 Å². The van der Waals surface area contributed by atoms with Crippen LogP contribution in [-0.4, -0.2) is 55.1 Å². The van der Waals surface area contributed by atoms with Gasteiger partial charge >= 0.3 is 0 Å². The van der Waals surface area contributed by atoms with Crippen LogP contribution in [0.2, 0.25) is 0 Å². The van der Waals surface area contributed by atoms with E-state index in [-0.39, 0.29) is 5.91 Å². The second kappa shape index (κ2) is 7.98. The van der Waals surface area contributed by atoms with Crippen molar-refractivity contribution in [1.29, 1.82) is 0 Å². The third-order valence-corrected chi connectivity index (χ3v) is 3.76. The number of amides is 1. The lowest BCUT2D eigenvalue weighted by molar-refractivity contribution is -0.122. The number of anilines is 1. The fraction of sp³-hybridized carbons (Fsp3) is 0.625. The van der Waals surface area contributed by atoms with Crippen LogP contribution in [0.15, 0.2) is 24.4 Å². The van der Waals surface area contributed by atoms with E-state index in [2.05, 4.69) is 33.9 Å². The van der Waals surface area contributed by atoms with Crippen molar-refractivity contribution in [3.05, 3.63) is 24.4 Å². The second-order valence-electron chi connectivity index (χ2n) is 5.98. The van der Waals surface area contributed by atoms with Gasteiger partial charge in [-0.05, 0) is 24.5 Å². The number of hydrogen-bond acceptors (Lipinski definition) is 4. The van der Waals surface area contributed by atoms with Crippen molar-refractivity contribution in [2.75, 3.05) is 44.2 Å². The summed E-state index contributed by atoms with van der Waals surface area (Å²) in [7, 11) is 0. The Bertz CT molecular complexity index is 427. The van der Waals surface area contributed by atoms with Gasteiger partial charge in [-0.1, -0.05) is 19.9 Å². The molecule has 1 aliphatic rings. The molecule has 0 unspecified atom stereocenters. The van der Waals surface area contributed by atoms with Gasteiger partial charge in [-0.15, -0.1) is 0 Å². The van der Waals surface area contributed by atoms with Crippen molar-refractivity contribution in [2.45, 2.75) is 20.3 Å². The average Bonchev–Trinajstić information content (AvgIpc) is 2.48. The predicted octanol–water partition coefficient (Wildman–Crippen LogP) is 1.37. The summed E-state index contributed by atoms with van der Waals surface area (Å²) < 4.78 is 0. The Morgan fingerprint density at radius 2 is 2.05 bits per heavy atom. The molecule has 0 spiro atoms. The van der Waals surface area contributed by atoms with Gasteiger partial charge in [0.15, 0.2) is 0 Å². The van der Waals surface area contributed by atoms with E-state index < -0.39 is 0 Å². The first-order valence-corrected chi connectivity index (χ1v) is 7.80. The molecule has 2 heterocycles. The second-order valence-corrected chi connectivity index (χ2v) is 5.98. The number of aromatic nitrogens is 1. The maximum atomic E-state index is 11.9. The van der Waals surface area contributed by atoms with E-state index in [1.807, 2.05) is 24.4 Å². The van der Waals surface area contributed by atoms with Crippen LogP contribution >= 0.6 is 0 Å². The quantitative estimate of drug-likeness (QED) is 0.859. The van der Waals surface area contributed by atoms with Crippen LogP contribution in [-0.2, 0) is 4.79 Å². The van der Waals surface area contributed by atoms with Gasteiger partial charge in [-0.3, -0.25) is 9.69 Å². The molecular weight excluding hydrogens is 264 g/mol. The molecule has 0 saturated carbocycles. The Labute approximate surface area is 127 Å². The number of rotatable bonds is 6. The zero-order chi connectivity index (χ0) is 15.1. The minimum absolute atomic E-state index is 0.141. The number of carbonyl (C=O) groups is 1. The number of pyridine rings is 1. The van der Waals surface area contributed by atoms with Crippen LogP contribution in [0.25, 0.3) is 0 Å². The van der Waals surface area contributed by atoms with Crippen LogP contribution < -0.4 is 10.2 Å². The third kappa shape index (κ3) is 5.34. The van der Waals surface area contributed by atoms with Crippen molar-refractivity contribution >= 4 is 11.7 Å². The molecule has 1 fully saturated rings. The molecule has 0 aliphatic carbocycles. The van der Waals surface area contributed by atoms with Crippen molar-refractivity contribution in [2.24, 2.45) is 5.92 Å². The van der Waals surface area contributed by atoms with Crippen LogP contribution in [0.1, 0.15) is 20.3 Å². The number of nitrogens with one attached hydrogen (secondary N) is 1. The van der Waals surface area contributed by atoms with Crippen LogP contribution in [0.3, 0.4) is 0 Å². The Morgan fingerprint density at radius 3 is 2.67 bits per heavy atom. The smallest absolute Gasteiger partial charge is 0.234 e. The predicted molar refractivity (Wildman–Crippen MR) is 85.4 cm³/mol. The molecule has 1 amide bonds. The van der Waals surface area contributed by atoms with E-state index in [4.69, 9.17) is 0 Å². The molecule has 0 atom stereocenters. The number of nitrogens with zero attached hydrogens (tertiary/aromatic N) is 3. The number of piperazine rings is 1. The van der Waals surface area contributed by atoms with E-state index in [0.29, 0.717) is 12.5 Å². The standard InChI is InChI=1S/C16H26N4O/c1-14(2)6-8-18-16(21)13-19-9-11-20(12-10-19)15-5-3-4-7-17-15/h3-5,7,14H,6,8-13H2,1-2H3,(H,18,21). The molecule has 1 saturated heterocycles. The van der Waals surface area contributed by atoms with E-state index >= 15 is 0 Å². The van der Waals surface area contributed by atoms with E-state index in [1.165, 1.54) is 0 Å². The molecule has 2 rings (SSSR count). The summed E-state index contributed by atoms with van der Waals surface area (Å²) in [5, 5.41) is 3.00. The fourth-order valence-electron chi connectivity index (χ4n) is 2.44. The number of carbonyl (C=O) groups excluding carboxylic acids is 1.